The Morgan fingerprint density at radius 2 is 1.95 bits per heavy atom. The molecule has 1 unspecified atom stereocenters. The first-order valence-electron chi connectivity index (χ1n) is 12.5. The SMILES string of the molecule is CC(C)(O)c1nnc(-c2nc(CN3CCCC(F)(F)C3)c(-c3ccc(S(=O)(=O)NC(CCF)C(F)F)c(Cl)c3Cl)s2)o1. The lowest BCUT2D eigenvalue weighted by Gasteiger charge is -2.32. The predicted molar refractivity (Wildman–Crippen MR) is 146 cm³/mol. The summed E-state index contributed by atoms with van der Waals surface area (Å²) < 4.78 is 101. The van der Waals surface area contributed by atoms with Crippen LogP contribution < -0.4 is 4.72 Å². The van der Waals surface area contributed by atoms with Crippen LogP contribution in [0.15, 0.2) is 21.4 Å². The van der Waals surface area contributed by atoms with E-state index in [1.165, 1.54) is 24.8 Å². The highest BCUT2D eigenvalue weighted by atomic mass is 35.5. The summed E-state index contributed by atoms with van der Waals surface area (Å²) in [6.07, 6.45) is -3.92. The summed E-state index contributed by atoms with van der Waals surface area (Å²) >= 11 is 13.8. The van der Waals surface area contributed by atoms with Crippen LogP contribution in [0.4, 0.5) is 22.0 Å². The van der Waals surface area contributed by atoms with Gasteiger partial charge in [-0.2, -0.15) is 0 Å². The Balaban J connectivity index is 1.76. The minimum Gasteiger partial charge on any atom is -0.415 e. The molecule has 0 saturated carbocycles. The fourth-order valence-electron chi connectivity index (χ4n) is 4.24. The molecule has 2 N–H and O–H groups in total. The van der Waals surface area contributed by atoms with Crippen LogP contribution in [-0.2, 0) is 22.2 Å². The Kier molecular flexibility index (Phi) is 9.87. The minimum atomic E-state index is -4.65. The molecule has 2 aromatic heterocycles. The van der Waals surface area contributed by atoms with Crippen molar-refractivity contribution in [2.75, 3.05) is 19.8 Å². The van der Waals surface area contributed by atoms with Crippen molar-refractivity contribution in [2.45, 2.75) is 68.5 Å². The highest BCUT2D eigenvalue weighted by molar-refractivity contribution is 7.89. The molecular formula is C24H26Cl2F5N5O4S2. The first-order chi connectivity index (χ1) is 19.5. The van der Waals surface area contributed by atoms with Crippen molar-refractivity contribution >= 4 is 44.6 Å². The van der Waals surface area contributed by atoms with Crippen LogP contribution in [0.3, 0.4) is 0 Å². The lowest BCUT2D eigenvalue weighted by molar-refractivity contribution is -0.0662. The third-order valence-corrected chi connectivity index (χ3v) is 9.93. The number of hydrogen-bond donors (Lipinski definition) is 2. The fourth-order valence-corrected chi connectivity index (χ4v) is 7.44. The average Bonchev–Trinajstić information content (AvgIpc) is 3.52. The quantitative estimate of drug-likeness (QED) is 0.241. The molecule has 18 heteroatoms. The maximum Gasteiger partial charge on any atom is 0.276 e. The number of nitrogens with zero attached hydrogens (tertiary/aromatic N) is 4. The van der Waals surface area contributed by atoms with Gasteiger partial charge in [0, 0.05) is 18.5 Å². The van der Waals surface area contributed by atoms with E-state index in [1.54, 1.807) is 4.72 Å². The Morgan fingerprint density at radius 1 is 1.24 bits per heavy atom. The van der Waals surface area contributed by atoms with Gasteiger partial charge in [-0.3, -0.25) is 9.29 Å². The molecule has 4 rings (SSSR count). The Hall–Kier alpha value is -1.95. The molecule has 3 aromatic rings. The third-order valence-electron chi connectivity index (χ3n) is 6.29. The van der Waals surface area contributed by atoms with Crippen LogP contribution in [0.5, 0.6) is 0 Å². The third kappa shape index (κ3) is 7.39. The zero-order chi connectivity index (χ0) is 31.0. The second-order valence-corrected chi connectivity index (χ2v) is 13.7. The van der Waals surface area contributed by atoms with Gasteiger partial charge in [0.15, 0.2) is 5.01 Å². The molecule has 1 aliphatic heterocycles. The molecule has 1 fully saturated rings. The molecule has 9 nitrogen and oxygen atoms in total. The summed E-state index contributed by atoms with van der Waals surface area (Å²) in [5.41, 5.74) is -0.990. The number of sulfonamides is 1. The van der Waals surface area contributed by atoms with Crippen LogP contribution in [0, 0.1) is 0 Å². The largest absolute Gasteiger partial charge is 0.415 e. The summed E-state index contributed by atoms with van der Waals surface area (Å²) in [7, 11) is -4.65. The van der Waals surface area contributed by atoms with E-state index >= 15 is 0 Å². The molecule has 0 aliphatic carbocycles. The van der Waals surface area contributed by atoms with Crippen LogP contribution in [0.25, 0.3) is 21.3 Å². The second kappa shape index (κ2) is 12.6. The summed E-state index contributed by atoms with van der Waals surface area (Å²) in [6, 6.07) is 0.328. The van der Waals surface area contributed by atoms with E-state index in [2.05, 4.69) is 15.2 Å². The molecule has 42 heavy (non-hydrogen) atoms. The number of nitrogens with one attached hydrogen (secondary N) is 1. The fraction of sp³-hybridized carbons (Fsp3) is 0.542. The number of rotatable bonds is 11. The van der Waals surface area contributed by atoms with Gasteiger partial charge < -0.3 is 9.52 Å². The topological polar surface area (TPSA) is 121 Å². The molecule has 0 bridgehead atoms. The van der Waals surface area contributed by atoms with Crippen LogP contribution in [-0.4, -0.2) is 71.8 Å². The summed E-state index contributed by atoms with van der Waals surface area (Å²) in [4.78, 5) is 5.74. The second-order valence-electron chi connectivity index (χ2n) is 10.2. The van der Waals surface area contributed by atoms with E-state index in [9.17, 15) is 35.5 Å². The predicted octanol–water partition coefficient (Wildman–Crippen LogP) is 5.90. The van der Waals surface area contributed by atoms with Crippen molar-refractivity contribution in [1.29, 1.82) is 0 Å². The normalized spacial score (nSPS) is 17.2. The van der Waals surface area contributed by atoms with Crippen molar-refractivity contribution in [1.82, 2.24) is 24.8 Å². The molecule has 1 aromatic carbocycles. The Bertz CT molecular complexity index is 1530. The number of aliphatic hydroxyl groups is 1. The van der Waals surface area contributed by atoms with Crippen LogP contribution >= 0.6 is 34.5 Å². The van der Waals surface area contributed by atoms with E-state index in [0.717, 1.165) is 17.4 Å². The first-order valence-corrected chi connectivity index (χ1v) is 15.6. The minimum absolute atomic E-state index is 0.0389. The molecule has 1 aliphatic rings. The molecule has 0 radical (unpaired) electrons. The highest BCUT2D eigenvalue weighted by Crippen LogP contribution is 2.44. The van der Waals surface area contributed by atoms with E-state index in [0.29, 0.717) is 11.4 Å². The molecule has 0 amide bonds. The van der Waals surface area contributed by atoms with Gasteiger partial charge in [-0.1, -0.05) is 29.3 Å². The van der Waals surface area contributed by atoms with Gasteiger partial charge in [0.05, 0.1) is 39.9 Å². The van der Waals surface area contributed by atoms with Crippen molar-refractivity contribution in [3.63, 3.8) is 0 Å². The summed E-state index contributed by atoms with van der Waals surface area (Å²) in [6.45, 7) is 1.52. The first kappa shape index (κ1) is 33.0. The number of halogens is 7. The summed E-state index contributed by atoms with van der Waals surface area (Å²) in [5, 5.41) is 17.3. The maximum atomic E-state index is 14.1. The highest BCUT2D eigenvalue weighted by Gasteiger charge is 2.36. The van der Waals surface area contributed by atoms with Gasteiger partial charge in [-0.15, -0.1) is 21.5 Å². The van der Waals surface area contributed by atoms with Gasteiger partial charge in [0.1, 0.15) is 10.5 Å². The Morgan fingerprint density at radius 3 is 2.55 bits per heavy atom. The number of piperidine rings is 1. The maximum absolute atomic E-state index is 14.1. The molecule has 232 valence electrons. The number of hydrogen-bond acceptors (Lipinski definition) is 9. The van der Waals surface area contributed by atoms with Crippen molar-refractivity contribution in [2.24, 2.45) is 0 Å². The van der Waals surface area contributed by atoms with E-state index in [-0.39, 0.29) is 52.5 Å². The molecule has 3 heterocycles. The average molecular weight is 679 g/mol. The lowest BCUT2D eigenvalue weighted by atomic mass is 10.1. The molecular weight excluding hydrogens is 652 g/mol. The van der Waals surface area contributed by atoms with Gasteiger partial charge in [0.25, 0.3) is 18.2 Å². The molecule has 1 atom stereocenters. The van der Waals surface area contributed by atoms with Gasteiger partial charge >= 0.3 is 0 Å². The van der Waals surface area contributed by atoms with Crippen molar-refractivity contribution in [3.8, 4) is 21.3 Å². The van der Waals surface area contributed by atoms with Gasteiger partial charge in [-0.05, 0) is 39.3 Å². The zero-order valence-corrected chi connectivity index (χ0v) is 25.3. The van der Waals surface area contributed by atoms with E-state index in [4.69, 9.17) is 27.6 Å². The van der Waals surface area contributed by atoms with Gasteiger partial charge in [-0.25, -0.2) is 35.7 Å². The number of benzene rings is 1. The smallest absolute Gasteiger partial charge is 0.276 e. The number of alkyl halides is 5. The zero-order valence-electron chi connectivity index (χ0n) is 22.2. The van der Waals surface area contributed by atoms with Crippen molar-refractivity contribution < 1.29 is 39.9 Å². The van der Waals surface area contributed by atoms with E-state index in [1.807, 2.05) is 0 Å². The van der Waals surface area contributed by atoms with Crippen LogP contribution in [0.2, 0.25) is 10.0 Å². The number of aromatic nitrogens is 3. The van der Waals surface area contributed by atoms with E-state index < -0.39 is 63.6 Å². The van der Waals surface area contributed by atoms with Crippen molar-refractivity contribution in [3.05, 3.63) is 33.8 Å². The number of likely N-dealkylation sites (tertiary alicyclic amines) is 1. The lowest BCUT2D eigenvalue weighted by Crippen LogP contribution is -2.42. The number of thiazole rings is 1. The monoisotopic (exact) mass is 677 g/mol. The summed E-state index contributed by atoms with van der Waals surface area (Å²) in [5.74, 6) is -3.05. The van der Waals surface area contributed by atoms with Gasteiger partial charge in [0.2, 0.25) is 15.9 Å². The molecule has 1 saturated heterocycles. The standard InChI is InChI=1S/C24H26Cl2F5N5O4S2/c1-23(2,37)22-34-33-20(40-22)21-32-14(10-36-9-3-7-24(30,31)11-36)18(41-21)12-4-5-15(17(26)16(12)25)42(38,39)35-13(6-8-27)19(28)29/h4-5,13,19,35,37H,3,6-11H2,1-2H3. The van der Waals surface area contributed by atoms with Crippen LogP contribution in [0.1, 0.15) is 44.7 Å². The Labute approximate surface area is 252 Å². The molecule has 0 spiro atoms.